The number of carbonyl (C=O) groups is 1. The van der Waals surface area contributed by atoms with Crippen molar-refractivity contribution in [3.05, 3.63) is 50.8 Å². The maximum Gasteiger partial charge on any atom is 0.293 e. The van der Waals surface area contributed by atoms with Crippen molar-refractivity contribution in [2.45, 2.75) is 26.4 Å². The summed E-state index contributed by atoms with van der Waals surface area (Å²) in [6.45, 7) is 4.69. The fraction of sp³-hybridized carbons (Fsp3) is 0.312. The third-order valence-corrected chi connectivity index (χ3v) is 5.65. The number of aromatic nitrogens is 2. The summed E-state index contributed by atoms with van der Waals surface area (Å²) < 4.78 is 5.11. The van der Waals surface area contributed by atoms with Gasteiger partial charge >= 0.3 is 0 Å². The Balaban J connectivity index is 1.43. The van der Waals surface area contributed by atoms with Crippen LogP contribution in [0, 0.1) is 6.92 Å². The zero-order chi connectivity index (χ0) is 16.5. The molecular weight excluding hydrogens is 344 g/mol. The lowest BCUT2D eigenvalue weighted by Crippen LogP contribution is -2.29. The van der Waals surface area contributed by atoms with Crippen molar-refractivity contribution in [2.24, 2.45) is 0 Å². The van der Waals surface area contributed by atoms with Gasteiger partial charge in [-0.05, 0) is 19.1 Å². The van der Waals surface area contributed by atoms with Gasteiger partial charge in [0.15, 0.2) is 10.9 Å². The second kappa shape index (κ2) is 6.46. The number of rotatable bonds is 4. The third-order valence-electron chi connectivity index (χ3n) is 3.83. The minimum atomic E-state index is -0.263. The van der Waals surface area contributed by atoms with Gasteiger partial charge in [-0.3, -0.25) is 15.0 Å². The molecule has 0 aromatic carbocycles. The quantitative estimate of drug-likeness (QED) is 0.773. The van der Waals surface area contributed by atoms with Gasteiger partial charge in [-0.25, -0.2) is 9.97 Å². The van der Waals surface area contributed by atoms with Crippen molar-refractivity contribution in [3.63, 3.8) is 0 Å². The smallest absolute Gasteiger partial charge is 0.293 e. The lowest BCUT2D eigenvalue weighted by atomic mass is 10.2. The van der Waals surface area contributed by atoms with Gasteiger partial charge in [0.1, 0.15) is 0 Å². The molecule has 3 aromatic heterocycles. The highest BCUT2D eigenvalue weighted by Crippen LogP contribution is 2.29. The van der Waals surface area contributed by atoms with Crippen molar-refractivity contribution in [2.75, 3.05) is 11.9 Å². The molecule has 0 bridgehead atoms. The summed E-state index contributed by atoms with van der Waals surface area (Å²) in [6, 6.07) is 3.33. The maximum absolute atomic E-state index is 12.0. The molecule has 0 fully saturated rings. The number of carbonyl (C=O) groups excluding carboxylic acids is 1. The number of fused-ring (bicyclic) bond motifs is 1. The van der Waals surface area contributed by atoms with E-state index in [2.05, 4.69) is 25.6 Å². The van der Waals surface area contributed by atoms with Crippen LogP contribution in [-0.4, -0.2) is 27.3 Å². The molecule has 1 aliphatic heterocycles. The Morgan fingerprint density at radius 1 is 1.46 bits per heavy atom. The van der Waals surface area contributed by atoms with E-state index in [1.165, 1.54) is 22.5 Å². The second-order valence-corrected chi connectivity index (χ2v) is 7.78. The van der Waals surface area contributed by atoms with Gasteiger partial charge in [0.2, 0.25) is 0 Å². The largest absolute Gasteiger partial charge is 0.459 e. The lowest BCUT2D eigenvalue weighted by Gasteiger charge is -2.24. The SMILES string of the molecule is Cc1nc(CN2CCc3nc(NC(=O)c4ccco4)sc3C2)cs1. The highest BCUT2D eigenvalue weighted by molar-refractivity contribution is 7.15. The van der Waals surface area contributed by atoms with Gasteiger partial charge in [-0.2, -0.15) is 0 Å². The number of hydrogen-bond donors (Lipinski definition) is 1. The van der Waals surface area contributed by atoms with Crippen LogP contribution >= 0.6 is 22.7 Å². The van der Waals surface area contributed by atoms with E-state index < -0.39 is 0 Å². The van der Waals surface area contributed by atoms with E-state index in [1.807, 2.05) is 6.92 Å². The van der Waals surface area contributed by atoms with Crippen molar-refractivity contribution in [3.8, 4) is 0 Å². The first kappa shape index (κ1) is 15.5. The molecule has 24 heavy (non-hydrogen) atoms. The standard InChI is InChI=1S/C16H16N4O2S2/c1-10-17-11(9-23-10)7-20-5-4-12-14(8-20)24-16(18-12)19-15(21)13-3-2-6-22-13/h2-3,6,9H,4-5,7-8H2,1H3,(H,18,19,21). The molecule has 4 rings (SSSR count). The highest BCUT2D eigenvalue weighted by Gasteiger charge is 2.22. The van der Waals surface area contributed by atoms with E-state index in [4.69, 9.17) is 4.42 Å². The van der Waals surface area contributed by atoms with Gasteiger partial charge in [0.05, 0.1) is 22.7 Å². The summed E-state index contributed by atoms with van der Waals surface area (Å²) in [5.74, 6) is 0.0320. The van der Waals surface area contributed by atoms with Crippen LogP contribution in [0.5, 0.6) is 0 Å². The number of anilines is 1. The zero-order valence-corrected chi connectivity index (χ0v) is 14.7. The molecule has 1 N–H and O–H groups in total. The summed E-state index contributed by atoms with van der Waals surface area (Å²) >= 11 is 3.22. The number of hydrogen-bond acceptors (Lipinski definition) is 7. The molecule has 0 saturated heterocycles. The van der Waals surface area contributed by atoms with Gasteiger partial charge in [0, 0.05) is 36.3 Å². The van der Waals surface area contributed by atoms with Crippen LogP contribution < -0.4 is 5.32 Å². The van der Waals surface area contributed by atoms with Crippen LogP contribution in [0.2, 0.25) is 0 Å². The fourth-order valence-corrected chi connectivity index (χ4v) is 4.36. The van der Waals surface area contributed by atoms with E-state index in [-0.39, 0.29) is 5.91 Å². The van der Waals surface area contributed by atoms with Crippen LogP contribution in [0.4, 0.5) is 5.13 Å². The lowest BCUT2D eigenvalue weighted by molar-refractivity contribution is 0.0996. The molecule has 6 nitrogen and oxygen atoms in total. The van der Waals surface area contributed by atoms with Crippen LogP contribution in [0.3, 0.4) is 0 Å². The van der Waals surface area contributed by atoms with Gasteiger partial charge in [0.25, 0.3) is 5.91 Å². The van der Waals surface area contributed by atoms with Crippen molar-refractivity contribution in [1.29, 1.82) is 0 Å². The van der Waals surface area contributed by atoms with Gasteiger partial charge in [-0.15, -0.1) is 22.7 Å². The maximum atomic E-state index is 12.0. The molecular formula is C16H16N4O2S2. The topological polar surface area (TPSA) is 71.3 Å². The Hall–Kier alpha value is -2.03. The Labute approximate surface area is 147 Å². The third kappa shape index (κ3) is 3.26. The van der Waals surface area contributed by atoms with Crippen LogP contribution in [0.1, 0.15) is 31.8 Å². The molecule has 0 atom stereocenters. The number of furan rings is 1. The van der Waals surface area contributed by atoms with Crippen LogP contribution in [0.25, 0.3) is 0 Å². The number of aryl methyl sites for hydroxylation is 1. The van der Waals surface area contributed by atoms with Crippen molar-refractivity contribution >= 4 is 33.7 Å². The van der Waals surface area contributed by atoms with E-state index in [9.17, 15) is 4.79 Å². The molecule has 1 amide bonds. The van der Waals surface area contributed by atoms with Crippen LogP contribution in [-0.2, 0) is 19.5 Å². The summed E-state index contributed by atoms with van der Waals surface area (Å²) in [4.78, 5) is 24.7. The Morgan fingerprint density at radius 2 is 2.38 bits per heavy atom. The van der Waals surface area contributed by atoms with Crippen LogP contribution in [0.15, 0.2) is 28.2 Å². The predicted octanol–water partition coefficient (Wildman–Crippen LogP) is 3.31. The predicted molar refractivity (Wildman–Crippen MR) is 93.4 cm³/mol. The molecule has 4 heterocycles. The van der Waals surface area contributed by atoms with Crippen molar-refractivity contribution in [1.82, 2.24) is 14.9 Å². The minimum Gasteiger partial charge on any atom is -0.459 e. The van der Waals surface area contributed by atoms with E-state index >= 15 is 0 Å². The molecule has 0 spiro atoms. The Kier molecular flexibility index (Phi) is 4.17. The van der Waals surface area contributed by atoms with Crippen molar-refractivity contribution < 1.29 is 9.21 Å². The summed E-state index contributed by atoms with van der Waals surface area (Å²) in [5, 5.41) is 6.67. The molecule has 8 heteroatoms. The molecule has 0 saturated carbocycles. The first-order valence-electron chi connectivity index (χ1n) is 7.64. The minimum absolute atomic E-state index is 0.263. The molecule has 124 valence electrons. The fourth-order valence-electron chi connectivity index (χ4n) is 2.71. The van der Waals surface area contributed by atoms with E-state index in [0.29, 0.717) is 10.9 Å². The second-order valence-electron chi connectivity index (χ2n) is 5.64. The summed E-state index contributed by atoms with van der Waals surface area (Å²) in [7, 11) is 0. The molecule has 1 aliphatic rings. The Morgan fingerprint density at radius 3 is 3.12 bits per heavy atom. The molecule has 0 unspecified atom stereocenters. The molecule has 3 aromatic rings. The number of nitrogens with one attached hydrogen (secondary N) is 1. The summed E-state index contributed by atoms with van der Waals surface area (Å²) in [6.07, 6.45) is 2.38. The van der Waals surface area contributed by atoms with E-state index in [1.54, 1.807) is 23.5 Å². The molecule has 0 aliphatic carbocycles. The first-order chi connectivity index (χ1) is 11.7. The van der Waals surface area contributed by atoms with E-state index in [0.717, 1.165) is 42.5 Å². The monoisotopic (exact) mass is 360 g/mol. The highest BCUT2D eigenvalue weighted by atomic mass is 32.1. The number of nitrogens with zero attached hydrogens (tertiary/aromatic N) is 3. The average Bonchev–Trinajstić information content (AvgIpc) is 3.27. The molecule has 0 radical (unpaired) electrons. The summed E-state index contributed by atoms with van der Waals surface area (Å²) in [5.41, 5.74) is 2.21. The zero-order valence-electron chi connectivity index (χ0n) is 13.1. The number of thiazole rings is 2. The average molecular weight is 360 g/mol. The Bertz CT molecular complexity index is 853. The van der Waals surface area contributed by atoms with Gasteiger partial charge in [-0.1, -0.05) is 0 Å². The normalized spacial score (nSPS) is 14.5. The number of amides is 1. The first-order valence-corrected chi connectivity index (χ1v) is 9.34. The van der Waals surface area contributed by atoms with Gasteiger partial charge < -0.3 is 4.42 Å².